The molecule has 0 aromatic carbocycles. The Balaban J connectivity index is 4.77. The average Bonchev–Trinajstić information content (AvgIpc) is 2.47. The predicted octanol–water partition coefficient (Wildman–Crippen LogP) is 2.92. The number of guanidine groups is 1. The highest BCUT2D eigenvalue weighted by Crippen LogP contribution is 2.21. The molecule has 2 N–H and O–H groups in total. The molecular formula is C17H33N3O3. The molecule has 134 valence electrons. The Labute approximate surface area is 144 Å². The third-order valence-corrected chi connectivity index (χ3v) is 3.60. The Bertz CT molecular complexity index is 488. The smallest absolute Gasteiger partial charge is 0.325 e. The number of hydrogen-bond donors (Lipinski definition) is 2. The van der Waals surface area contributed by atoms with Crippen LogP contribution in [0.1, 0.15) is 70.8 Å². The number of ether oxygens (including phenoxy) is 1. The fraction of sp³-hybridized carbons (Fsp3) is 0.824. The van der Waals surface area contributed by atoms with Crippen LogP contribution in [0.15, 0.2) is 0 Å². The molecule has 0 saturated heterocycles. The second-order valence-electron chi connectivity index (χ2n) is 6.79. The van der Waals surface area contributed by atoms with Crippen molar-refractivity contribution in [1.29, 1.82) is 5.41 Å². The number of esters is 1. The Morgan fingerprint density at radius 2 is 1.96 bits per heavy atom. The van der Waals surface area contributed by atoms with Crippen LogP contribution >= 0.6 is 0 Å². The maximum atomic E-state index is 12.1. The molecule has 1 unspecified atom stereocenters. The van der Waals surface area contributed by atoms with Gasteiger partial charge in [0.25, 0.3) is 0 Å². The summed E-state index contributed by atoms with van der Waals surface area (Å²) in [7, 11) is 0. The van der Waals surface area contributed by atoms with E-state index in [1.165, 1.54) is 0 Å². The maximum Gasteiger partial charge on any atom is 0.325 e. The summed E-state index contributed by atoms with van der Waals surface area (Å²) in [5.41, 5.74) is -0.291. The molecule has 1 atom stereocenters. The van der Waals surface area contributed by atoms with Gasteiger partial charge in [-0.15, -0.1) is 0 Å². The molecule has 0 aliphatic heterocycles. The van der Waals surface area contributed by atoms with Crippen molar-refractivity contribution in [3.63, 3.8) is 0 Å². The van der Waals surface area contributed by atoms with E-state index >= 15 is 0 Å². The first-order valence-corrected chi connectivity index (χ1v) is 8.14. The summed E-state index contributed by atoms with van der Waals surface area (Å²) < 4.78 is 27.8. The molecule has 0 aromatic rings. The predicted molar refractivity (Wildman–Crippen MR) is 92.3 cm³/mol. The number of nitrogens with zero attached hydrogens (tertiary/aromatic N) is 1. The maximum absolute atomic E-state index is 12.1. The monoisotopic (exact) mass is 330 g/mol. The van der Waals surface area contributed by atoms with Crippen molar-refractivity contribution >= 4 is 17.8 Å². The zero-order valence-electron chi connectivity index (χ0n) is 18.0. The lowest BCUT2D eigenvalue weighted by atomic mass is 9.90. The Hall–Kier alpha value is -1.59. The molecule has 0 saturated carbocycles. The van der Waals surface area contributed by atoms with Crippen molar-refractivity contribution in [2.24, 2.45) is 5.41 Å². The number of nitrogens with one attached hydrogen (secondary N) is 2. The molecule has 6 heteroatoms. The highest BCUT2D eigenvalue weighted by molar-refractivity contribution is 5.96. The van der Waals surface area contributed by atoms with Gasteiger partial charge in [-0.05, 0) is 18.8 Å². The average molecular weight is 330 g/mol. The summed E-state index contributed by atoms with van der Waals surface area (Å²) in [6.45, 7) is 6.10. The van der Waals surface area contributed by atoms with E-state index in [1.807, 2.05) is 20.8 Å². The van der Waals surface area contributed by atoms with Crippen LogP contribution in [0.3, 0.4) is 0 Å². The number of carbonyl (C=O) groups excluding carboxylic acids is 2. The molecule has 0 spiro atoms. The van der Waals surface area contributed by atoms with E-state index in [-0.39, 0.29) is 11.8 Å². The molecule has 0 radical (unpaired) electrons. The fourth-order valence-electron chi connectivity index (χ4n) is 1.59. The van der Waals surface area contributed by atoms with Crippen molar-refractivity contribution in [3.05, 3.63) is 0 Å². The second kappa shape index (κ2) is 10.2. The van der Waals surface area contributed by atoms with Crippen molar-refractivity contribution in [2.45, 2.75) is 72.8 Å². The number of amides is 1. The van der Waals surface area contributed by atoms with Gasteiger partial charge in [0.15, 0.2) is 5.96 Å². The van der Waals surface area contributed by atoms with E-state index in [1.54, 1.807) is 6.92 Å². The molecule has 0 fully saturated rings. The fourth-order valence-corrected chi connectivity index (χ4v) is 1.59. The SMILES string of the molecule is [2H]C([2H])([2H])N(CC(=O)OC(C)C(C)(C)C)C(=N)NC(=O)CCCCCC. The van der Waals surface area contributed by atoms with Crippen LogP contribution in [-0.4, -0.2) is 42.4 Å². The first-order valence-electron chi connectivity index (χ1n) is 9.64. The lowest BCUT2D eigenvalue weighted by Gasteiger charge is -2.28. The van der Waals surface area contributed by atoms with E-state index < -0.39 is 37.5 Å². The summed E-state index contributed by atoms with van der Waals surface area (Å²) >= 11 is 0. The third kappa shape index (κ3) is 9.92. The minimum absolute atomic E-state index is 0.211. The second-order valence-corrected chi connectivity index (χ2v) is 6.79. The van der Waals surface area contributed by atoms with Gasteiger partial charge in [-0.2, -0.15) is 0 Å². The standard InChI is InChI=1S/C17H33N3O3/c1-7-8-9-10-11-14(21)19-16(18)20(6)12-15(22)23-13(2)17(3,4)5/h13H,7-12H2,1-6H3,(H2,18,19,21)/i6D3. The third-order valence-electron chi connectivity index (χ3n) is 3.60. The van der Waals surface area contributed by atoms with Crippen LogP contribution in [0.25, 0.3) is 0 Å². The molecule has 0 aromatic heterocycles. The highest BCUT2D eigenvalue weighted by Gasteiger charge is 2.24. The molecular weight excluding hydrogens is 294 g/mol. The molecule has 0 heterocycles. The largest absolute Gasteiger partial charge is 0.461 e. The van der Waals surface area contributed by atoms with Gasteiger partial charge in [0, 0.05) is 17.5 Å². The van der Waals surface area contributed by atoms with E-state index in [0.29, 0.717) is 11.3 Å². The normalized spacial score (nSPS) is 14.9. The minimum Gasteiger partial charge on any atom is -0.461 e. The van der Waals surface area contributed by atoms with Crippen LogP contribution in [0, 0.1) is 10.8 Å². The quantitative estimate of drug-likeness (QED) is 0.310. The minimum atomic E-state index is -2.74. The lowest BCUT2D eigenvalue weighted by molar-refractivity contribution is -0.153. The van der Waals surface area contributed by atoms with Gasteiger partial charge in [-0.25, -0.2) is 0 Å². The van der Waals surface area contributed by atoms with Crippen molar-refractivity contribution in [2.75, 3.05) is 13.5 Å². The first kappa shape index (κ1) is 16.3. The van der Waals surface area contributed by atoms with E-state index in [9.17, 15) is 9.59 Å². The summed E-state index contributed by atoms with van der Waals surface area (Å²) in [5, 5.41) is 10.1. The molecule has 0 bridgehead atoms. The molecule has 0 aliphatic carbocycles. The molecule has 1 amide bonds. The molecule has 0 rings (SSSR count). The van der Waals surface area contributed by atoms with Gasteiger partial charge < -0.3 is 9.64 Å². The van der Waals surface area contributed by atoms with Crippen LogP contribution in [0.4, 0.5) is 0 Å². The number of carbonyl (C=O) groups is 2. The molecule has 6 nitrogen and oxygen atoms in total. The Kier molecular flexibility index (Phi) is 7.24. The summed E-state index contributed by atoms with van der Waals surface area (Å²) in [5.74, 6) is -1.81. The van der Waals surface area contributed by atoms with Crippen LogP contribution < -0.4 is 5.32 Å². The topological polar surface area (TPSA) is 82.5 Å². The van der Waals surface area contributed by atoms with Crippen molar-refractivity contribution < 1.29 is 18.4 Å². The van der Waals surface area contributed by atoms with Crippen LogP contribution in [0.5, 0.6) is 0 Å². The van der Waals surface area contributed by atoms with Crippen molar-refractivity contribution in [3.8, 4) is 0 Å². The van der Waals surface area contributed by atoms with Gasteiger partial charge in [-0.3, -0.25) is 20.3 Å². The summed E-state index contributed by atoms with van der Waals surface area (Å²) in [6.07, 6.45) is 3.42. The molecule has 23 heavy (non-hydrogen) atoms. The number of rotatable bonds is 8. The molecule has 0 aliphatic rings. The number of unbranched alkanes of at least 4 members (excludes halogenated alkanes) is 3. The Morgan fingerprint density at radius 1 is 1.30 bits per heavy atom. The Morgan fingerprint density at radius 3 is 2.48 bits per heavy atom. The zero-order chi connectivity index (χ0) is 20.5. The van der Waals surface area contributed by atoms with Gasteiger partial charge in [0.2, 0.25) is 5.91 Å². The highest BCUT2D eigenvalue weighted by atomic mass is 16.5. The lowest BCUT2D eigenvalue weighted by Crippen LogP contribution is -2.44. The van der Waals surface area contributed by atoms with Gasteiger partial charge in [0.05, 0.1) is 0 Å². The van der Waals surface area contributed by atoms with Gasteiger partial charge >= 0.3 is 5.97 Å². The van der Waals surface area contributed by atoms with E-state index in [4.69, 9.17) is 14.3 Å². The zero-order valence-corrected chi connectivity index (χ0v) is 15.0. The number of likely N-dealkylation sites (N-methyl/N-ethyl adjacent to an activating group) is 1. The van der Waals surface area contributed by atoms with Gasteiger partial charge in [-0.1, -0.05) is 47.0 Å². The van der Waals surface area contributed by atoms with Crippen LogP contribution in [-0.2, 0) is 14.3 Å². The first-order chi connectivity index (χ1) is 11.8. The summed E-state index contributed by atoms with van der Waals surface area (Å²) in [4.78, 5) is 24.5. The van der Waals surface area contributed by atoms with Crippen molar-refractivity contribution in [1.82, 2.24) is 10.2 Å². The summed E-state index contributed by atoms with van der Waals surface area (Å²) in [6, 6.07) is 0. The van der Waals surface area contributed by atoms with Gasteiger partial charge in [0.1, 0.15) is 12.6 Å². The van der Waals surface area contributed by atoms with Crippen LogP contribution in [0.2, 0.25) is 0 Å². The number of hydrogen-bond acceptors (Lipinski definition) is 4. The van der Waals surface area contributed by atoms with E-state index in [2.05, 4.69) is 12.2 Å². The van der Waals surface area contributed by atoms with E-state index in [0.717, 1.165) is 19.3 Å².